The van der Waals surface area contributed by atoms with Crippen molar-refractivity contribution in [1.82, 2.24) is 5.32 Å². The van der Waals surface area contributed by atoms with E-state index in [-0.39, 0.29) is 5.91 Å². The molecule has 110 valence electrons. The van der Waals surface area contributed by atoms with Gasteiger partial charge in [0.1, 0.15) is 0 Å². The number of carboxylic acid groups (broad SMARTS) is 1. The Morgan fingerprint density at radius 2 is 1.47 bits per heavy atom. The number of allylic oxidation sites excluding steroid dienone is 1. The number of aliphatic carboxylic acids is 1. The van der Waals surface area contributed by atoms with E-state index in [9.17, 15) is 9.59 Å². The van der Waals surface area contributed by atoms with Crippen molar-refractivity contribution in [2.75, 3.05) is 7.05 Å². The third kappa shape index (κ3) is 14.6. The molecule has 0 spiro atoms. The van der Waals surface area contributed by atoms with E-state index in [0.717, 1.165) is 32.1 Å². The number of carboxylic acids is 1. The lowest BCUT2D eigenvalue weighted by molar-refractivity contribution is -0.137. The highest BCUT2D eigenvalue weighted by Gasteiger charge is 1.96. The molecule has 0 aromatic heterocycles. The summed E-state index contributed by atoms with van der Waals surface area (Å²) < 4.78 is 0. The molecule has 1 amide bonds. The van der Waals surface area contributed by atoms with E-state index in [1.165, 1.54) is 25.7 Å². The van der Waals surface area contributed by atoms with Gasteiger partial charge in [-0.2, -0.15) is 0 Å². The van der Waals surface area contributed by atoms with Crippen molar-refractivity contribution in [3.05, 3.63) is 12.2 Å². The summed E-state index contributed by atoms with van der Waals surface area (Å²) in [4.78, 5) is 21.2. The molecule has 0 rings (SSSR count). The van der Waals surface area contributed by atoms with Crippen LogP contribution >= 0.6 is 0 Å². The Balaban J connectivity index is 3.13. The van der Waals surface area contributed by atoms with Crippen LogP contribution in [-0.2, 0) is 9.59 Å². The van der Waals surface area contributed by atoms with E-state index in [1.54, 1.807) is 13.1 Å². The van der Waals surface area contributed by atoms with E-state index in [1.807, 2.05) is 6.08 Å². The molecule has 0 aromatic carbocycles. The number of carbonyl (C=O) groups excluding carboxylic acids is 1. The summed E-state index contributed by atoms with van der Waals surface area (Å²) in [7, 11) is 1.63. The SMILES string of the molecule is CNC(=O)/C=C/CCCCCCCCCCC(=O)O. The summed E-state index contributed by atoms with van der Waals surface area (Å²) in [6, 6.07) is 0. The van der Waals surface area contributed by atoms with Gasteiger partial charge in [-0.05, 0) is 25.3 Å². The fourth-order valence-corrected chi connectivity index (χ4v) is 1.87. The van der Waals surface area contributed by atoms with Crippen LogP contribution in [0.3, 0.4) is 0 Å². The molecule has 19 heavy (non-hydrogen) atoms. The molecular weight excluding hydrogens is 242 g/mol. The van der Waals surface area contributed by atoms with Crippen LogP contribution in [0.1, 0.15) is 64.2 Å². The Kier molecular flexibility index (Phi) is 12.2. The first-order chi connectivity index (χ1) is 9.16. The van der Waals surface area contributed by atoms with E-state index in [4.69, 9.17) is 5.11 Å². The van der Waals surface area contributed by atoms with Gasteiger partial charge >= 0.3 is 5.97 Å². The lowest BCUT2D eigenvalue weighted by atomic mass is 10.1. The third-order valence-electron chi connectivity index (χ3n) is 3.03. The van der Waals surface area contributed by atoms with Crippen molar-refractivity contribution in [3.63, 3.8) is 0 Å². The zero-order chi connectivity index (χ0) is 14.3. The quantitative estimate of drug-likeness (QED) is 0.422. The average Bonchev–Trinajstić information content (AvgIpc) is 2.39. The number of hydrogen-bond donors (Lipinski definition) is 2. The first kappa shape index (κ1) is 17.7. The van der Waals surface area contributed by atoms with Crippen molar-refractivity contribution in [3.8, 4) is 0 Å². The smallest absolute Gasteiger partial charge is 0.303 e. The van der Waals surface area contributed by atoms with Crippen LogP contribution < -0.4 is 5.32 Å². The number of hydrogen-bond acceptors (Lipinski definition) is 2. The summed E-state index contributed by atoms with van der Waals surface area (Å²) in [5.41, 5.74) is 0. The number of unbranched alkanes of at least 4 members (excludes halogenated alkanes) is 8. The Labute approximate surface area is 116 Å². The molecule has 0 atom stereocenters. The van der Waals surface area contributed by atoms with Gasteiger partial charge in [-0.25, -0.2) is 0 Å². The van der Waals surface area contributed by atoms with Crippen LogP contribution in [0, 0.1) is 0 Å². The highest BCUT2D eigenvalue weighted by atomic mass is 16.4. The molecule has 0 saturated heterocycles. The minimum Gasteiger partial charge on any atom is -0.481 e. The maximum absolute atomic E-state index is 10.9. The normalized spacial score (nSPS) is 10.8. The molecule has 0 fully saturated rings. The molecular formula is C15H27NO3. The molecule has 0 aromatic rings. The lowest BCUT2D eigenvalue weighted by Gasteiger charge is -2.00. The number of nitrogens with one attached hydrogen (secondary N) is 1. The van der Waals surface area contributed by atoms with Crippen LogP contribution in [0.25, 0.3) is 0 Å². The monoisotopic (exact) mass is 269 g/mol. The van der Waals surface area contributed by atoms with Gasteiger partial charge in [0.2, 0.25) is 5.91 Å². The molecule has 0 aliphatic carbocycles. The van der Waals surface area contributed by atoms with Crippen molar-refractivity contribution in [2.45, 2.75) is 64.2 Å². The van der Waals surface area contributed by atoms with E-state index in [0.29, 0.717) is 6.42 Å². The Morgan fingerprint density at radius 1 is 0.947 bits per heavy atom. The Bertz CT molecular complexity index is 275. The summed E-state index contributed by atoms with van der Waals surface area (Å²) >= 11 is 0. The van der Waals surface area contributed by atoms with Gasteiger partial charge in [-0.3, -0.25) is 9.59 Å². The van der Waals surface area contributed by atoms with E-state index < -0.39 is 5.97 Å². The number of carbonyl (C=O) groups is 2. The maximum atomic E-state index is 10.9. The predicted octanol–water partition coefficient (Wildman–Crippen LogP) is 3.27. The van der Waals surface area contributed by atoms with Crippen LogP contribution in [0.2, 0.25) is 0 Å². The van der Waals surface area contributed by atoms with Gasteiger partial charge in [0.05, 0.1) is 0 Å². The molecule has 4 heteroatoms. The largest absolute Gasteiger partial charge is 0.481 e. The minimum absolute atomic E-state index is 0.0404. The summed E-state index contributed by atoms with van der Waals surface area (Å²) in [5.74, 6) is -0.730. The van der Waals surface area contributed by atoms with Crippen molar-refractivity contribution < 1.29 is 14.7 Å². The van der Waals surface area contributed by atoms with Crippen LogP contribution in [0.4, 0.5) is 0 Å². The van der Waals surface area contributed by atoms with Crippen molar-refractivity contribution >= 4 is 11.9 Å². The van der Waals surface area contributed by atoms with Crippen molar-refractivity contribution in [2.24, 2.45) is 0 Å². The Morgan fingerprint density at radius 3 is 2.00 bits per heavy atom. The molecule has 0 saturated carbocycles. The molecule has 0 unspecified atom stereocenters. The molecule has 0 aliphatic heterocycles. The number of likely N-dealkylation sites (N-methyl/N-ethyl adjacent to an activating group) is 1. The average molecular weight is 269 g/mol. The zero-order valence-corrected chi connectivity index (χ0v) is 12.0. The number of amides is 1. The summed E-state index contributed by atoms with van der Waals surface area (Å²) in [6.45, 7) is 0. The Hall–Kier alpha value is -1.32. The van der Waals surface area contributed by atoms with Gasteiger partial charge in [0.25, 0.3) is 0 Å². The van der Waals surface area contributed by atoms with Crippen LogP contribution in [-0.4, -0.2) is 24.0 Å². The second-order valence-electron chi connectivity index (χ2n) is 4.78. The van der Waals surface area contributed by atoms with Gasteiger partial charge in [-0.15, -0.1) is 0 Å². The minimum atomic E-state index is -0.690. The topological polar surface area (TPSA) is 66.4 Å². The second-order valence-corrected chi connectivity index (χ2v) is 4.78. The van der Waals surface area contributed by atoms with Gasteiger partial charge < -0.3 is 10.4 Å². The maximum Gasteiger partial charge on any atom is 0.303 e. The standard InChI is InChI=1S/C15H27NO3/c1-16-14(17)12-10-8-6-4-2-3-5-7-9-11-13-15(18)19/h10,12H,2-9,11,13H2,1H3,(H,16,17)(H,18,19)/b12-10+. The predicted molar refractivity (Wildman–Crippen MR) is 77.0 cm³/mol. The summed E-state index contributed by atoms with van der Waals surface area (Å²) in [5, 5.41) is 11.0. The summed E-state index contributed by atoms with van der Waals surface area (Å²) in [6.07, 6.45) is 13.7. The van der Waals surface area contributed by atoms with E-state index in [2.05, 4.69) is 5.32 Å². The van der Waals surface area contributed by atoms with Gasteiger partial charge in [0, 0.05) is 13.5 Å². The fraction of sp³-hybridized carbons (Fsp3) is 0.733. The fourth-order valence-electron chi connectivity index (χ4n) is 1.87. The molecule has 0 heterocycles. The molecule has 2 N–H and O–H groups in total. The number of rotatable bonds is 12. The third-order valence-corrected chi connectivity index (χ3v) is 3.03. The molecule has 0 aliphatic rings. The lowest BCUT2D eigenvalue weighted by Crippen LogP contribution is -2.13. The van der Waals surface area contributed by atoms with Crippen molar-refractivity contribution in [1.29, 1.82) is 0 Å². The highest BCUT2D eigenvalue weighted by molar-refractivity contribution is 5.87. The zero-order valence-electron chi connectivity index (χ0n) is 12.0. The molecule has 0 bridgehead atoms. The first-order valence-corrected chi connectivity index (χ1v) is 7.27. The van der Waals surface area contributed by atoms with Crippen LogP contribution in [0.5, 0.6) is 0 Å². The van der Waals surface area contributed by atoms with Crippen LogP contribution in [0.15, 0.2) is 12.2 Å². The first-order valence-electron chi connectivity index (χ1n) is 7.27. The van der Waals surface area contributed by atoms with E-state index >= 15 is 0 Å². The van der Waals surface area contributed by atoms with Gasteiger partial charge in [-0.1, -0.05) is 44.6 Å². The highest BCUT2D eigenvalue weighted by Crippen LogP contribution is 2.10. The molecule has 0 radical (unpaired) electrons. The van der Waals surface area contributed by atoms with Gasteiger partial charge in [0.15, 0.2) is 0 Å². The molecule has 4 nitrogen and oxygen atoms in total. The second kappa shape index (κ2) is 13.1.